The summed E-state index contributed by atoms with van der Waals surface area (Å²) in [6.45, 7) is 2.25. The summed E-state index contributed by atoms with van der Waals surface area (Å²) < 4.78 is 1.69. The molecular weight excluding hydrogens is 222 g/mol. The van der Waals surface area contributed by atoms with Crippen molar-refractivity contribution in [2.45, 2.75) is 71.1 Å². The lowest BCUT2D eigenvalue weighted by Crippen LogP contribution is -2.07. The molecule has 0 atom stereocenters. The molecule has 0 saturated carbocycles. The van der Waals surface area contributed by atoms with Crippen LogP contribution in [0.25, 0.3) is 0 Å². The van der Waals surface area contributed by atoms with Crippen LogP contribution in [0.1, 0.15) is 75.9 Å². The first-order valence-corrected chi connectivity index (χ1v) is 7.50. The molecule has 1 aromatic rings. The SMILES string of the molecule is CCCCCCCCCCCC(=O)n1cccc1. The molecule has 0 fully saturated rings. The van der Waals surface area contributed by atoms with Crippen molar-refractivity contribution >= 4 is 5.91 Å². The molecule has 0 bridgehead atoms. The van der Waals surface area contributed by atoms with Crippen molar-refractivity contribution in [2.75, 3.05) is 0 Å². The van der Waals surface area contributed by atoms with Crippen LogP contribution in [0.5, 0.6) is 0 Å². The fourth-order valence-corrected chi connectivity index (χ4v) is 2.22. The smallest absolute Gasteiger partial charge is 0.230 e. The van der Waals surface area contributed by atoms with Gasteiger partial charge in [0.15, 0.2) is 0 Å². The van der Waals surface area contributed by atoms with Gasteiger partial charge >= 0.3 is 0 Å². The van der Waals surface area contributed by atoms with E-state index in [-0.39, 0.29) is 5.91 Å². The molecule has 0 unspecified atom stereocenters. The average Bonchev–Trinajstić information content (AvgIpc) is 2.90. The van der Waals surface area contributed by atoms with Gasteiger partial charge in [0.05, 0.1) is 0 Å². The Kier molecular flexibility index (Phi) is 8.28. The standard InChI is InChI=1S/C16H27NO/c1-2-3-4-5-6-7-8-9-10-13-16(18)17-14-11-12-15-17/h11-12,14-15H,2-10,13H2,1H3. The minimum absolute atomic E-state index is 0.225. The highest BCUT2D eigenvalue weighted by atomic mass is 16.1. The second-order valence-electron chi connectivity index (χ2n) is 5.06. The lowest BCUT2D eigenvalue weighted by Gasteiger charge is -2.03. The monoisotopic (exact) mass is 249 g/mol. The molecule has 0 saturated heterocycles. The van der Waals surface area contributed by atoms with Gasteiger partial charge in [0.2, 0.25) is 5.91 Å². The lowest BCUT2D eigenvalue weighted by molar-refractivity contribution is 0.0899. The summed E-state index contributed by atoms with van der Waals surface area (Å²) in [7, 11) is 0. The predicted molar refractivity (Wildman–Crippen MR) is 76.9 cm³/mol. The lowest BCUT2D eigenvalue weighted by atomic mass is 10.1. The van der Waals surface area contributed by atoms with E-state index in [1.807, 2.05) is 24.5 Å². The molecule has 0 aliphatic heterocycles. The quantitative estimate of drug-likeness (QED) is 0.532. The van der Waals surface area contributed by atoms with Crippen LogP contribution in [0.3, 0.4) is 0 Å². The maximum absolute atomic E-state index is 11.7. The van der Waals surface area contributed by atoms with Gasteiger partial charge < -0.3 is 0 Å². The maximum atomic E-state index is 11.7. The average molecular weight is 249 g/mol. The van der Waals surface area contributed by atoms with E-state index in [1.54, 1.807) is 4.57 Å². The van der Waals surface area contributed by atoms with Crippen molar-refractivity contribution in [3.8, 4) is 0 Å². The Hall–Kier alpha value is -1.05. The Labute approximate surface area is 111 Å². The first kappa shape index (κ1) is 15.0. The van der Waals surface area contributed by atoms with Crippen LogP contribution < -0.4 is 0 Å². The molecule has 2 heteroatoms. The summed E-state index contributed by atoms with van der Waals surface area (Å²) in [6, 6.07) is 3.79. The molecule has 0 N–H and O–H groups in total. The van der Waals surface area contributed by atoms with Crippen LogP contribution in [-0.2, 0) is 0 Å². The van der Waals surface area contributed by atoms with Gasteiger partial charge in [-0.2, -0.15) is 0 Å². The molecule has 2 nitrogen and oxygen atoms in total. The number of hydrogen-bond donors (Lipinski definition) is 0. The van der Waals surface area contributed by atoms with E-state index in [0.717, 1.165) is 6.42 Å². The minimum atomic E-state index is 0.225. The third-order valence-electron chi connectivity index (χ3n) is 3.39. The van der Waals surface area contributed by atoms with Crippen LogP contribution in [0.15, 0.2) is 24.5 Å². The molecule has 1 aromatic heterocycles. The summed E-state index contributed by atoms with van der Waals surface area (Å²) in [5.41, 5.74) is 0. The fraction of sp³-hybridized carbons (Fsp3) is 0.688. The summed E-state index contributed by atoms with van der Waals surface area (Å²) in [4.78, 5) is 11.7. The largest absolute Gasteiger partial charge is 0.295 e. The molecule has 1 rings (SSSR count). The zero-order valence-electron chi connectivity index (χ0n) is 11.7. The molecule has 0 amide bonds. The number of carbonyl (C=O) groups excluding carboxylic acids is 1. The van der Waals surface area contributed by atoms with Gasteiger partial charge in [-0.3, -0.25) is 9.36 Å². The van der Waals surface area contributed by atoms with Gasteiger partial charge in [0.25, 0.3) is 0 Å². The Bertz CT molecular complexity index is 303. The molecular formula is C16H27NO. The van der Waals surface area contributed by atoms with E-state index in [2.05, 4.69) is 6.92 Å². The molecule has 0 radical (unpaired) electrons. The van der Waals surface area contributed by atoms with Crippen molar-refractivity contribution in [2.24, 2.45) is 0 Å². The van der Waals surface area contributed by atoms with Gasteiger partial charge in [0.1, 0.15) is 0 Å². The number of aromatic nitrogens is 1. The van der Waals surface area contributed by atoms with Crippen LogP contribution in [0.2, 0.25) is 0 Å². The predicted octanol–water partition coefficient (Wildman–Crippen LogP) is 5.05. The van der Waals surface area contributed by atoms with E-state index in [4.69, 9.17) is 0 Å². The van der Waals surface area contributed by atoms with E-state index >= 15 is 0 Å². The van der Waals surface area contributed by atoms with Gasteiger partial charge in [-0.05, 0) is 18.6 Å². The second-order valence-corrected chi connectivity index (χ2v) is 5.06. The molecule has 1 heterocycles. The van der Waals surface area contributed by atoms with Crippen molar-refractivity contribution in [3.05, 3.63) is 24.5 Å². The summed E-state index contributed by atoms with van der Waals surface area (Å²) in [6.07, 6.45) is 16.0. The van der Waals surface area contributed by atoms with Gasteiger partial charge in [-0.1, -0.05) is 58.3 Å². The van der Waals surface area contributed by atoms with Crippen LogP contribution in [0.4, 0.5) is 0 Å². The Morgan fingerprint density at radius 3 is 1.89 bits per heavy atom. The molecule has 0 aliphatic carbocycles. The van der Waals surface area contributed by atoms with Gasteiger partial charge in [0, 0.05) is 18.8 Å². The fourth-order valence-electron chi connectivity index (χ4n) is 2.22. The molecule has 0 spiro atoms. The van der Waals surface area contributed by atoms with Crippen molar-refractivity contribution in [1.29, 1.82) is 0 Å². The highest BCUT2D eigenvalue weighted by molar-refractivity contribution is 5.78. The first-order valence-electron chi connectivity index (χ1n) is 7.50. The highest BCUT2D eigenvalue weighted by Crippen LogP contribution is 2.11. The second kappa shape index (κ2) is 9.93. The first-order chi connectivity index (χ1) is 8.84. The van der Waals surface area contributed by atoms with E-state index in [1.165, 1.54) is 51.4 Å². The normalized spacial score (nSPS) is 10.7. The number of hydrogen-bond acceptors (Lipinski definition) is 1. The van der Waals surface area contributed by atoms with Crippen molar-refractivity contribution in [1.82, 2.24) is 4.57 Å². The summed E-state index contributed by atoms with van der Waals surface area (Å²) >= 11 is 0. The highest BCUT2D eigenvalue weighted by Gasteiger charge is 2.02. The third-order valence-corrected chi connectivity index (χ3v) is 3.39. The topological polar surface area (TPSA) is 22.0 Å². The van der Waals surface area contributed by atoms with Gasteiger partial charge in [-0.25, -0.2) is 0 Å². The summed E-state index contributed by atoms with van der Waals surface area (Å²) in [5.74, 6) is 0.225. The zero-order valence-corrected chi connectivity index (χ0v) is 11.7. The minimum Gasteiger partial charge on any atom is -0.295 e. The van der Waals surface area contributed by atoms with E-state index in [0.29, 0.717) is 6.42 Å². The van der Waals surface area contributed by atoms with Crippen LogP contribution in [0, 0.1) is 0 Å². The number of carbonyl (C=O) groups is 1. The molecule has 102 valence electrons. The Morgan fingerprint density at radius 1 is 0.833 bits per heavy atom. The zero-order chi connectivity index (χ0) is 13.1. The number of rotatable bonds is 10. The van der Waals surface area contributed by atoms with E-state index in [9.17, 15) is 4.79 Å². The Balaban J connectivity index is 1.88. The van der Waals surface area contributed by atoms with Crippen LogP contribution >= 0.6 is 0 Å². The molecule has 0 aliphatic rings. The molecule has 18 heavy (non-hydrogen) atoms. The number of nitrogens with zero attached hydrogens (tertiary/aromatic N) is 1. The van der Waals surface area contributed by atoms with E-state index < -0.39 is 0 Å². The van der Waals surface area contributed by atoms with Crippen molar-refractivity contribution < 1.29 is 4.79 Å². The Morgan fingerprint density at radius 2 is 1.33 bits per heavy atom. The van der Waals surface area contributed by atoms with Crippen LogP contribution in [-0.4, -0.2) is 10.5 Å². The number of unbranched alkanes of at least 4 members (excludes halogenated alkanes) is 8. The van der Waals surface area contributed by atoms with Crippen molar-refractivity contribution in [3.63, 3.8) is 0 Å². The maximum Gasteiger partial charge on any atom is 0.230 e. The molecule has 0 aromatic carbocycles. The third kappa shape index (κ3) is 6.63. The summed E-state index contributed by atoms with van der Waals surface area (Å²) in [5, 5.41) is 0. The van der Waals surface area contributed by atoms with Gasteiger partial charge in [-0.15, -0.1) is 0 Å².